The number of benzene rings is 2. The van der Waals surface area contributed by atoms with Crippen molar-refractivity contribution in [3.05, 3.63) is 54.1 Å². The Morgan fingerprint density at radius 2 is 1.68 bits per heavy atom. The molecule has 1 heterocycles. The summed E-state index contributed by atoms with van der Waals surface area (Å²) in [4.78, 5) is 10.9. The van der Waals surface area contributed by atoms with E-state index in [2.05, 4.69) is 0 Å². The molecule has 1 fully saturated rings. The number of carboxylic acid groups (broad SMARTS) is 1. The van der Waals surface area contributed by atoms with Gasteiger partial charge in [-0.25, -0.2) is 4.67 Å². The van der Waals surface area contributed by atoms with Crippen LogP contribution in [-0.4, -0.2) is 30.3 Å². The maximum absolute atomic E-state index is 13.2. The second-order valence-corrected chi connectivity index (χ2v) is 8.47. The maximum Gasteiger partial charge on any atom is 0.416 e. The van der Waals surface area contributed by atoms with Gasteiger partial charge < -0.3 is 19.2 Å². The predicted molar refractivity (Wildman–Crippen MR) is 92.3 cm³/mol. The van der Waals surface area contributed by atoms with Gasteiger partial charge in [0.1, 0.15) is 11.5 Å². The van der Waals surface area contributed by atoms with Crippen molar-refractivity contribution >= 4 is 18.8 Å². The zero-order valence-electron chi connectivity index (χ0n) is 14.5. The van der Waals surface area contributed by atoms with Crippen molar-refractivity contribution in [2.75, 3.05) is 19.7 Å². The van der Waals surface area contributed by atoms with E-state index < -0.39 is 31.8 Å². The highest BCUT2D eigenvalue weighted by Crippen LogP contribution is 2.52. The van der Waals surface area contributed by atoms with E-state index in [-0.39, 0.29) is 12.4 Å². The first-order chi connectivity index (χ1) is 13.2. The smallest absolute Gasteiger partial charge is 0.416 e. The molecule has 1 unspecified atom stereocenters. The first kappa shape index (κ1) is 20.4. The summed E-state index contributed by atoms with van der Waals surface area (Å²) in [7, 11) is -3.53. The number of rotatable bonds is 5. The molecule has 0 amide bonds. The lowest BCUT2D eigenvalue weighted by Crippen LogP contribution is -2.41. The van der Waals surface area contributed by atoms with Crippen LogP contribution in [0.1, 0.15) is 12.0 Å². The van der Waals surface area contributed by atoms with Gasteiger partial charge in [-0.1, -0.05) is 0 Å². The average molecular weight is 414 g/mol. The summed E-state index contributed by atoms with van der Waals surface area (Å²) in [5.41, 5.74) is -0.782. The van der Waals surface area contributed by atoms with E-state index in [0.29, 0.717) is 24.0 Å². The highest BCUT2D eigenvalue weighted by molar-refractivity contribution is 7.64. The Bertz CT molecular complexity index is 884. The number of alkyl halides is 3. The van der Waals surface area contributed by atoms with Crippen LogP contribution in [0.3, 0.4) is 0 Å². The van der Waals surface area contributed by atoms with E-state index in [0.717, 1.165) is 12.1 Å². The lowest BCUT2D eigenvalue weighted by molar-refractivity contribution is -0.305. The van der Waals surface area contributed by atoms with Gasteiger partial charge in [-0.2, -0.15) is 13.2 Å². The molecule has 1 aliphatic rings. The molecule has 1 aliphatic heterocycles. The van der Waals surface area contributed by atoms with Crippen molar-refractivity contribution in [3.63, 3.8) is 0 Å². The van der Waals surface area contributed by atoms with Crippen LogP contribution in [-0.2, 0) is 20.1 Å². The first-order valence-corrected chi connectivity index (χ1v) is 9.92. The van der Waals surface area contributed by atoms with Gasteiger partial charge in [-0.3, -0.25) is 4.57 Å². The summed E-state index contributed by atoms with van der Waals surface area (Å²) in [6.07, 6.45) is -3.88. The standard InChI is InChI=1S/C18H17F3NO5P/c19-18(20,21)13-2-4-14(5-3-13)27-15-6-8-16(9-7-15)28(25)22(12-17(23)24)10-1-11-26-28/h2-9H,1,10-12H2,(H,23,24)/p-1. The molecule has 1 atom stereocenters. The van der Waals surface area contributed by atoms with Crippen molar-refractivity contribution in [1.82, 2.24) is 4.67 Å². The number of hydrogen-bond acceptors (Lipinski definition) is 5. The Balaban J connectivity index is 1.75. The van der Waals surface area contributed by atoms with Gasteiger partial charge in [0.25, 0.3) is 0 Å². The van der Waals surface area contributed by atoms with Crippen LogP contribution in [0.4, 0.5) is 13.2 Å². The number of nitrogens with zero attached hydrogens (tertiary/aromatic N) is 1. The fourth-order valence-corrected chi connectivity index (χ4v) is 5.01. The van der Waals surface area contributed by atoms with Crippen LogP contribution in [0.5, 0.6) is 11.5 Å². The number of ether oxygens (including phenoxy) is 1. The van der Waals surface area contributed by atoms with Gasteiger partial charge in [0.15, 0.2) is 0 Å². The third-order valence-electron chi connectivity index (χ3n) is 4.09. The highest BCUT2D eigenvalue weighted by atomic mass is 31.2. The minimum atomic E-state index is -4.43. The first-order valence-electron chi connectivity index (χ1n) is 8.34. The van der Waals surface area contributed by atoms with Gasteiger partial charge >= 0.3 is 13.7 Å². The number of aliphatic carboxylic acids is 1. The van der Waals surface area contributed by atoms with E-state index in [1.54, 1.807) is 0 Å². The fourth-order valence-electron chi connectivity index (χ4n) is 2.76. The Morgan fingerprint density at radius 3 is 2.21 bits per heavy atom. The van der Waals surface area contributed by atoms with E-state index in [9.17, 15) is 27.6 Å². The molecule has 0 aromatic heterocycles. The molecule has 150 valence electrons. The number of halogens is 3. The largest absolute Gasteiger partial charge is 0.549 e. The molecule has 2 aromatic rings. The molecule has 0 radical (unpaired) electrons. The van der Waals surface area contributed by atoms with E-state index in [4.69, 9.17) is 9.26 Å². The molecule has 0 aliphatic carbocycles. The Morgan fingerprint density at radius 1 is 1.11 bits per heavy atom. The second kappa shape index (κ2) is 7.95. The Hall–Kier alpha value is -2.35. The fraction of sp³-hybridized carbons (Fsp3) is 0.278. The summed E-state index contributed by atoms with van der Waals surface area (Å²) in [5.74, 6) is -0.827. The minimum Gasteiger partial charge on any atom is -0.549 e. The molecular formula is C18H16F3NO5P-. The third-order valence-corrected chi connectivity index (χ3v) is 6.66. The Labute approximate surface area is 159 Å². The molecule has 10 heteroatoms. The van der Waals surface area contributed by atoms with E-state index >= 15 is 0 Å². The summed E-state index contributed by atoms with van der Waals surface area (Å²) < 4.78 is 63.1. The molecule has 0 bridgehead atoms. The van der Waals surface area contributed by atoms with Gasteiger partial charge in [-0.05, 0) is 55.0 Å². The second-order valence-electron chi connectivity index (χ2n) is 6.09. The predicted octanol–water partition coefficient (Wildman–Crippen LogP) is 2.79. The molecule has 1 saturated heterocycles. The van der Waals surface area contributed by atoms with Crippen LogP contribution in [0.2, 0.25) is 0 Å². The molecule has 3 rings (SSSR count). The highest BCUT2D eigenvalue weighted by Gasteiger charge is 2.36. The lowest BCUT2D eigenvalue weighted by Gasteiger charge is -2.35. The Kier molecular flexibility index (Phi) is 5.79. The van der Waals surface area contributed by atoms with Crippen LogP contribution in [0.25, 0.3) is 0 Å². The zero-order chi connectivity index (χ0) is 20.4. The molecular weight excluding hydrogens is 398 g/mol. The van der Waals surface area contributed by atoms with E-state index in [1.807, 2.05) is 0 Å². The summed E-state index contributed by atoms with van der Waals surface area (Å²) in [6.45, 7) is 0.0285. The monoisotopic (exact) mass is 414 g/mol. The van der Waals surface area contributed by atoms with Crippen LogP contribution >= 0.6 is 7.52 Å². The van der Waals surface area contributed by atoms with Crippen LogP contribution in [0, 0.1) is 0 Å². The van der Waals surface area contributed by atoms with Crippen molar-refractivity contribution in [1.29, 1.82) is 0 Å². The van der Waals surface area contributed by atoms with Gasteiger partial charge in [0, 0.05) is 13.1 Å². The van der Waals surface area contributed by atoms with Crippen LogP contribution < -0.4 is 15.1 Å². The van der Waals surface area contributed by atoms with Crippen molar-refractivity contribution in [2.45, 2.75) is 12.6 Å². The maximum atomic E-state index is 13.2. The number of hydrogen-bond donors (Lipinski definition) is 0. The number of carbonyl (C=O) groups is 1. The van der Waals surface area contributed by atoms with Crippen LogP contribution in [0.15, 0.2) is 48.5 Å². The third kappa shape index (κ3) is 4.55. The molecule has 0 N–H and O–H groups in total. The van der Waals surface area contributed by atoms with Crippen molar-refractivity contribution in [2.24, 2.45) is 0 Å². The average Bonchev–Trinajstić information content (AvgIpc) is 2.64. The summed E-state index contributed by atoms with van der Waals surface area (Å²) in [5, 5.41) is 11.2. The number of carbonyl (C=O) groups excluding carboxylic acids is 1. The topological polar surface area (TPSA) is 78.9 Å². The normalized spacial score (nSPS) is 20.7. The summed E-state index contributed by atoms with van der Waals surface area (Å²) in [6, 6.07) is 10.2. The number of carboxylic acids is 1. The minimum absolute atomic E-state index is 0.208. The molecule has 0 spiro atoms. The molecule has 28 heavy (non-hydrogen) atoms. The van der Waals surface area contributed by atoms with Crippen molar-refractivity contribution < 1.29 is 36.9 Å². The SMILES string of the molecule is O=C([O-])CN1CCCOP1(=O)c1ccc(Oc2ccc(C(F)(F)F)cc2)cc1. The molecule has 2 aromatic carbocycles. The lowest BCUT2D eigenvalue weighted by atomic mass is 10.2. The summed E-state index contributed by atoms with van der Waals surface area (Å²) >= 11 is 0. The zero-order valence-corrected chi connectivity index (χ0v) is 15.4. The van der Waals surface area contributed by atoms with E-state index in [1.165, 1.54) is 41.1 Å². The van der Waals surface area contributed by atoms with Crippen molar-refractivity contribution in [3.8, 4) is 11.5 Å². The molecule has 0 saturated carbocycles. The van der Waals surface area contributed by atoms with Gasteiger partial charge in [0.05, 0.1) is 23.4 Å². The van der Waals surface area contributed by atoms with Gasteiger partial charge in [0.2, 0.25) is 0 Å². The van der Waals surface area contributed by atoms with Gasteiger partial charge in [-0.15, -0.1) is 0 Å². The quantitative estimate of drug-likeness (QED) is 0.701. The molecule has 6 nitrogen and oxygen atoms in total.